The van der Waals surface area contributed by atoms with Crippen LogP contribution in [-0.2, 0) is 32.7 Å². The lowest BCUT2D eigenvalue weighted by atomic mass is 10.0. The molecule has 484 valence electrons. The summed E-state index contributed by atoms with van der Waals surface area (Å²) in [4.78, 5) is 35.8. The van der Waals surface area contributed by atoms with Crippen molar-refractivity contribution in [2.24, 2.45) is 0 Å². The molecule has 10 heteroatoms. The van der Waals surface area contributed by atoms with Gasteiger partial charge in [0, 0.05) is 12.8 Å². The van der Waals surface area contributed by atoms with Crippen molar-refractivity contribution in [3.63, 3.8) is 0 Å². The number of esters is 2. The molecule has 0 saturated heterocycles. The zero-order valence-electron chi connectivity index (χ0n) is 55.2. The van der Waals surface area contributed by atoms with Gasteiger partial charge >= 0.3 is 19.8 Å². The van der Waals surface area contributed by atoms with E-state index in [0.717, 1.165) is 96.3 Å². The van der Waals surface area contributed by atoms with E-state index in [2.05, 4.69) is 86.8 Å². The molecule has 0 spiro atoms. The molecule has 2 unspecified atom stereocenters. The van der Waals surface area contributed by atoms with Crippen molar-refractivity contribution >= 4 is 19.8 Å². The van der Waals surface area contributed by atoms with Crippen molar-refractivity contribution in [3.8, 4) is 0 Å². The second-order valence-corrected chi connectivity index (χ2v) is 26.4. The first-order chi connectivity index (χ1) is 40.5. The minimum absolute atomic E-state index is 0.0268. The van der Waals surface area contributed by atoms with E-state index >= 15 is 0 Å². The number of hydrogen-bond acceptors (Lipinski definition) is 7. The number of carbonyl (C=O) groups excluding carboxylic acids is 2. The van der Waals surface area contributed by atoms with Crippen LogP contribution >= 0.6 is 7.82 Å². The lowest BCUT2D eigenvalue weighted by molar-refractivity contribution is -0.870. The number of unbranched alkanes of at least 4 members (excludes halogenated alkanes) is 39. The first kappa shape index (κ1) is 80.5. The topological polar surface area (TPSA) is 108 Å². The minimum atomic E-state index is -4.40. The van der Waals surface area contributed by atoms with Crippen molar-refractivity contribution in [1.82, 2.24) is 0 Å². The third-order valence-electron chi connectivity index (χ3n) is 15.5. The molecule has 0 amide bonds. The van der Waals surface area contributed by atoms with E-state index < -0.39 is 26.5 Å². The van der Waals surface area contributed by atoms with Crippen LogP contribution in [-0.4, -0.2) is 74.9 Å². The molecule has 0 aromatic heterocycles. The van der Waals surface area contributed by atoms with Crippen LogP contribution < -0.4 is 0 Å². The van der Waals surface area contributed by atoms with Crippen LogP contribution in [0.1, 0.15) is 328 Å². The van der Waals surface area contributed by atoms with Gasteiger partial charge in [0.1, 0.15) is 19.8 Å². The zero-order chi connectivity index (χ0) is 60.5. The van der Waals surface area contributed by atoms with E-state index in [-0.39, 0.29) is 32.0 Å². The van der Waals surface area contributed by atoms with Gasteiger partial charge in [0.2, 0.25) is 0 Å². The predicted octanol–water partition coefficient (Wildman–Crippen LogP) is 22.8. The summed E-state index contributed by atoms with van der Waals surface area (Å²) in [6, 6.07) is 0. The molecule has 0 fully saturated rings. The molecule has 83 heavy (non-hydrogen) atoms. The van der Waals surface area contributed by atoms with E-state index in [9.17, 15) is 19.0 Å². The minimum Gasteiger partial charge on any atom is -0.462 e. The third-order valence-corrected chi connectivity index (χ3v) is 16.5. The van der Waals surface area contributed by atoms with Crippen LogP contribution in [0.15, 0.2) is 72.9 Å². The number of nitrogens with zero attached hydrogens (tertiary/aromatic N) is 1. The first-order valence-corrected chi connectivity index (χ1v) is 36.7. The van der Waals surface area contributed by atoms with Crippen molar-refractivity contribution in [2.45, 2.75) is 335 Å². The fourth-order valence-electron chi connectivity index (χ4n) is 10.1. The fourth-order valence-corrected chi connectivity index (χ4v) is 10.9. The summed E-state index contributed by atoms with van der Waals surface area (Å²) in [5.74, 6) is -0.804. The SMILES string of the molecule is CC/C=C\C/C=C\C/C=C\C/C=C\C/C=C\C/C=C\CCCCCCCCC(=O)OC(COC(=O)CCCCCCCCCCCCCCCCCCCCCCCCCCCCCCCCCCCC)COP(=O)(O)OCC[N+](C)(C)C. The molecule has 0 aliphatic heterocycles. The van der Waals surface area contributed by atoms with Gasteiger partial charge < -0.3 is 18.9 Å². The van der Waals surface area contributed by atoms with Crippen molar-refractivity contribution in [1.29, 1.82) is 0 Å². The maximum absolute atomic E-state index is 12.9. The molecule has 0 aromatic carbocycles. The van der Waals surface area contributed by atoms with Crippen molar-refractivity contribution in [2.75, 3.05) is 47.5 Å². The number of likely N-dealkylation sites (N-methyl/N-ethyl adjacent to an activating group) is 1. The second-order valence-electron chi connectivity index (χ2n) is 24.9. The van der Waals surface area contributed by atoms with E-state index in [1.807, 2.05) is 21.1 Å². The summed E-state index contributed by atoms with van der Waals surface area (Å²) >= 11 is 0. The summed E-state index contributed by atoms with van der Waals surface area (Å²) in [5.41, 5.74) is 0. The van der Waals surface area contributed by atoms with Gasteiger partial charge in [0.05, 0.1) is 27.7 Å². The van der Waals surface area contributed by atoms with Gasteiger partial charge in [-0.1, -0.05) is 324 Å². The highest BCUT2D eigenvalue weighted by molar-refractivity contribution is 7.47. The number of carbonyl (C=O) groups is 2. The van der Waals surface area contributed by atoms with Crippen LogP contribution in [0.4, 0.5) is 0 Å². The van der Waals surface area contributed by atoms with E-state index in [0.29, 0.717) is 17.4 Å². The number of phosphoric acid groups is 1. The number of allylic oxidation sites excluding steroid dienone is 12. The van der Waals surface area contributed by atoms with E-state index in [1.165, 1.54) is 199 Å². The van der Waals surface area contributed by atoms with Crippen LogP contribution in [0.3, 0.4) is 0 Å². The molecule has 0 bridgehead atoms. The van der Waals surface area contributed by atoms with Gasteiger partial charge in [-0.2, -0.15) is 0 Å². The molecular weight excluding hydrogens is 1050 g/mol. The molecule has 0 rings (SSSR count). The number of hydrogen-bond donors (Lipinski definition) is 1. The smallest absolute Gasteiger partial charge is 0.462 e. The third kappa shape index (κ3) is 68.4. The Balaban J connectivity index is 4.02. The summed E-state index contributed by atoms with van der Waals surface area (Å²) in [6.45, 7) is 4.35. The monoisotopic (exact) mass is 1180 g/mol. The fraction of sp³-hybridized carbons (Fsp3) is 0.808. The summed E-state index contributed by atoms with van der Waals surface area (Å²) in [7, 11) is 1.47. The molecule has 0 aromatic rings. The molecule has 0 aliphatic carbocycles. The lowest BCUT2D eigenvalue weighted by Gasteiger charge is -2.24. The second kappa shape index (κ2) is 63.9. The Morgan fingerprint density at radius 1 is 0.386 bits per heavy atom. The highest BCUT2D eigenvalue weighted by Gasteiger charge is 2.27. The normalized spacial score (nSPS) is 13.6. The van der Waals surface area contributed by atoms with Gasteiger partial charge in [-0.05, 0) is 64.2 Å². The highest BCUT2D eigenvalue weighted by atomic mass is 31.2. The molecule has 2 atom stereocenters. The Morgan fingerprint density at radius 3 is 1.02 bits per heavy atom. The Kier molecular flexibility index (Phi) is 62.0. The van der Waals surface area contributed by atoms with Gasteiger partial charge in [0.25, 0.3) is 0 Å². The largest absolute Gasteiger partial charge is 0.472 e. The number of quaternary nitrogens is 1. The summed E-state index contributed by atoms with van der Waals surface area (Å²) in [5, 5.41) is 0. The Hall–Kier alpha value is -2.55. The van der Waals surface area contributed by atoms with Gasteiger partial charge in [-0.25, -0.2) is 4.57 Å². The van der Waals surface area contributed by atoms with Crippen molar-refractivity contribution < 1.29 is 42.1 Å². The quantitative estimate of drug-likeness (QED) is 0.0211. The lowest BCUT2D eigenvalue weighted by Crippen LogP contribution is -2.37. The Morgan fingerprint density at radius 2 is 0.687 bits per heavy atom. The van der Waals surface area contributed by atoms with Crippen molar-refractivity contribution in [3.05, 3.63) is 72.9 Å². The van der Waals surface area contributed by atoms with Gasteiger partial charge in [-0.15, -0.1) is 0 Å². The Labute approximate surface area is 514 Å². The molecule has 1 N–H and O–H groups in total. The standard InChI is InChI=1S/C73H134NO8P/c1-6-8-10-12-14-16-18-20-22-24-26-28-30-32-33-34-35-36-37-38-39-40-42-43-45-47-49-51-53-55-57-59-61-63-65-72(75)79-69-71(70-81-83(77,78)80-68-67-74(3,4)5)82-73(76)66-64-62-60-58-56-54-52-50-48-46-44-41-31-29-27-25-23-21-19-17-15-13-11-9-7-2/h9,11,15,17,21,23,27,29,41,44,48,50,71H,6-8,10,12-14,16,18-20,22,24-26,28,30-40,42-43,45-47,49,51-70H2,1-5H3/p+1/b11-9-,17-15-,23-21-,29-27-,44-41-,50-48-. The number of rotatable bonds is 65. The molecule has 0 heterocycles. The van der Waals surface area contributed by atoms with Crippen LogP contribution in [0.5, 0.6) is 0 Å². The highest BCUT2D eigenvalue weighted by Crippen LogP contribution is 2.43. The molecular formula is C73H135NO8P+. The van der Waals surface area contributed by atoms with E-state index in [1.54, 1.807) is 0 Å². The molecule has 0 aliphatic rings. The molecule has 9 nitrogen and oxygen atoms in total. The first-order valence-electron chi connectivity index (χ1n) is 35.2. The summed E-state index contributed by atoms with van der Waals surface area (Å²) < 4.78 is 34.7. The molecule has 0 saturated carbocycles. The van der Waals surface area contributed by atoms with Crippen LogP contribution in [0.25, 0.3) is 0 Å². The maximum Gasteiger partial charge on any atom is 0.472 e. The zero-order valence-corrected chi connectivity index (χ0v) is 56.1. The van der Waals surface area contributed by atoms with E-state index in [4.69, 9.17) is 18.5 Å². The average Bonchev–Trinajstić information content (AvgIpc) is 3.48. The Bertz CT molecular complexity index is 1630. The predicted molar refractivity (Wildman–Crippen MR) is 358 cm³/mol. The van der Waals surface area contributed by atoms with Gasteiger partial charge in [0.15, 0.2) is 6.10 Å². The maximum atomic E-state index is 12.9. The summed E-state index contributed by atoms with van der Waals surface area (Å²) in [6.07, 6.45) is 85.9. The number of phosphoric ester groups is 1. The molecule has 0 radical (unpaired) electrons. The number of ether oxygens (including phenoxy) is 2. The average molecular weight is 1190 g/mol. The van der Waals surface area contributed by atoms with Crippen LogP contribution in [0.2, 0.25) is 0 Å². The van der Waals surface area contributed by atoms with Gasteiger partial charge in [-0.3, -0.25) is 18.6 Å². The van der Waals surface area contributed by atoms with Crippen LogP contribution in [0, 0.1) is 0 Å².